The van der Waals surface area contributed by atoms with Gasteiger partial charge in [0.15, 0.2) is 0 Å². The van der Waals surface area contributed by atoms with Crippen LogP contribution in [0.3, 0.4) is 0 Å². The Labute approximate surface area is 110 Å². The van der Waals surface area contributed by atoms with Crippen LogP contribution in [0, 0.1) is 0 Å². The molecule has 1 aromatic rings. The van der Waals surface area contributed by atoms with E-state index in [2.05, 4.69) is 20.9 Å². The van der Waals surface area contributed by atoms with E-state index in [-0.39, 0.29) is 6.09 Å². The predicted octanol–water partition coefficient (Wildman–Crippen LogP) is 3.21. The number of rotatable bonds is 2. The molecule has 0 atom stereocenters. The summed E-state index contributed by atoms with van der Waals surface area (Å²) in [6.45, 7) is 5.95. The van der Waals surface area contributed by atoms with E-state index in [0.717, 1.165) is 10.3 Å². The number of carbonyl (C=O) groups is 1. The second-order valence-electron chi connectivity index (χ2n) is 4.79. The molecule has 0 spiro atoms. The molecular formula is C12H17BrN2O2. The van der Waals surface area contributed by atoms with Crippen molar-refractivity contribution < 1.29 is 9.53 Å². The van der Waals surface area contributed by atoms with Crippen LogP contribution < -0.4 is 0 Å². The molecular weight excluding hydrogens is 284 g/mol. The molecule has 0 unspecified atom stereocenters. The Hall–Kier alpha value is -1.10. The van der Waals surface area contributed by atoms with E-state index in [1.807, 2.05) is 39.0 Å². The van der Waals surface area contributed by atoms with Crippen molar-refractivity contribution in [3.05, 3.63) is 28.5 Å². The third-order valence-electron chi connectivity index (χ3n) is 1.88. The molecule has 1 rings (SSSR count). The summed E-state index contributed by atoms with van der Waals surface area (Å²) >= 11 is 3.29. The van der Waals surface area contributed by atoms with Gasteiger partial charge in [-0.05, 0) is 48.8 Å². The van der Waals surface area contributed by atoms with Crippen molar-refractivity contribution in [1.29, 1.82) is 0 Å². The van der Waals surface area contributed by atoms with E-state index < -0.39 is 5.60 Å². The van der Waals surface area contributed by atoms with Gasteiger partial charge >= 0.3 is 6.09 Å². The molecule has 1 amide bonds. The quantitative estimate of drug-likeness (QED) is 0.788. The van der Waals surface area contributed by atoms with E-state index in [1.54, 1.807) is 7.05 Å². The van der Waals surface area contributed by atoms with Crippen molar-refractivity contribution in [3.8, 4) is 0 Å². The molecule has 1 aromatic heterocycles. The van der Waals surface area contributed by atoms with Gasteiger partial charge in [-0.1, -0.05) is 6.07 Å². The Kier molecular flexibility index (Phi) is 4.51. The minimum Gasteiger partial charge on any atom is -0.444 e. The molecule has 0 aliphatic rings. The van der Waals surface area contributed by atoms with Gasteiger partial charge in [0, 0.05) is 7.05 Å². The van der Waals surface area contributed by atoms with Crippen LogP contribution in [0.25, 0.3) is 0 Å². The maximum absolute atomic E-state index is 11.7. The van der Waals surface area contributed by atoms with Crippen LogP contribution in [0.2, 0.25) is 0 Å². The maximum Gasteiger partial charge on any atom is 0.410 e. The van der Waals surface area contributed by atoms with Crippen LogP contribution in [0.5, 0.6) is 0 Å². The summed E-state index contributed by atoms with van der Waals surface area (Å²) in [5.41, 5.74) is 0.337. The minimum absolute atomic E-state index is 0.348. The number of ether oxygens (including phenoxy) is 1. The first kappa shape index (κ1) is 14.0. The second-order valence-corrected chi connectivity index (χ2v) is 5.60. The maximum atomic E-state index is 11.7. The number of hydrogen-bond acceptors (Lipinski definition) is 3. The fraction of sp³-hybridized carbons (Fsp3) is 0.500. The van der Waals surface area contributed by atoms with Gasteiger partial charge in [0.1, 0.15) is 10.2 Å². The van der Waals surface area contributed by atoms with E-state index >= 15 is 0 Å². The zero-order chi connectivity index (χ0) is 13.1. The first-order valence-electron chi connectivity index (χ1n) is 5.33. The highest BCUT2D eigenvalue weighted by molar-refractivity contribution is 9.10. The first-order chi connectivity index (χ1) is 7.78. The average molecular weight is 301 g/mol. The molecule has 0 bridgehead atoms. The molecule has 5 heteroatoms. The lowest BCUT2D eigenvalue weighted by Gasteiger charge is -2.24. The topological polar surface area (TPSA) is 42.4 Å². The summed E-state index contributed by atoms with van der Waals surface area (Å²) in [6.07, 6.45) is -0.348. The third-order valence-corrected chi connectivity index (χ3v) is 2.32. The summed E-state index contributed by atoms with van der Waals surface area (Å²) in [5, 5.41) is 0. The number of pyridine rings is 1. The van der Waals surface area contributed by atoms with Gasteiger partial charge in [0.2, 0.25) is 0 Å². The molecule has 0 aromatic carbocycles. The Bertz CT molecular complexity index is 402. The second kappa shape index (κ2) is 5.49. The summed E-state index contributed by atoms with van der Waals surface area (Å²) < 4.78 is 6.01. The van der Waals surface area contributed by atoms with Gasteiger partial charge in [0.25, 0.3) is 0 Å². The zero-order valence-electron chi connectivity index (χ0n) is 10.5. The first-order valence-corrected chi connectivity index (χ1v) is 6.13. The van der Waals surface area contributed by atoms with Gasteiger partial charge in [-0.2, -0.15) is 0 Å². The number of carbonyl (C=O) groups excluding carboxylic acids is 1. The fourth-order valence-corrected chi connectivity index (χ4v) is 1.57. The van der Waals surface area contributed by atoms with Crippen LogP contribution in [0.4, 0.5) is 4.79 Å². The van der Waals surface area contributed by atoms with Crippen LogP contribution in [0.15, 0.2) is 22.8 Å². The van der Waals surface area contributed by atoms with E-state index in [1.165, 1.54) is 4.90 Å². The van der Waals surface area contributed by atoms with Gasteiger partial charge in [-0.25, -0.2) is 9.78 Å². The van der Waals surface area contributed by atoms with Gasteiger partial charge < -0.3 is 9.64 Å². The largest absolute Gasteiger partial charge is 0.444 e. The number of hydrogen-bond donors (Lipinski definition) is 0. The highest BCUT2D eigenvalue weighted by Crippen LogP contribution is 2.12. The Balaban J connectivity index is 2.60. The molecule has 0 saturated heterocycles. The number of aromatic nitrogens is 1. The van der Waals surface area contributed by atoms with Gasteiger partial charge in [-0.15, -0.1) is 0 Å². The average Bonchev–Trinajstić information content (AvgIpc) is 2.14. The van der Waals surface area contributed by atoms with Crippen LogP contribution >= 0.6 is 15.9 Å². The van der Waals surface area contributed by atoms with E-state index in [9.17, 15) is 4.79 Å². The molecule has 0 N–H and O–H groups in total. The third kappa shape index (κ3) is 5.17. The molecule has 0 saturated carbocycles. The fourth-order valence-electron chi connectivity index (χ4n) is 1.19. The van der Waals surface area contributed by atoms with Crippen molar-refractivity contribution in [2.75, 3.05) is 7.05 Å². The molecule has 0 fully saturated rings. The number of amides is 1. The molecule has 0 aliphatic heterocycles. The summed E-state index contributed by atoms with van der Waals surface area (Å²) in [5.74, 6) is 0. The normalized spacial score (nSPS) is 11.1. The molecule has 0 aliphatic carbocycles. The van der Waals surface area contributed by atoms with Crippen LogP contribution in [-0.2, 0) is 11.3 Å². The SMILES string of the molecule is CN(Cc1cccc(Br)n1)C(=O)OC(C)(C)C. The molecule has 1 heterocycles. The monoisotopic (exact) mass is 300 g/mol. The highest BCUT2D eigenvalue weighted by atomic mass is 79.9. The number of halogens is 1. The summed E-state index contributed by atoms with van der Waals surface area (Å²) in [4.78, 5) is 17.5. The molecule has 4 nitrogen and oxygen atoms in total. The van der Waals surface area contributed by atoms with Crippen LogP contribution in [-0.4, -0.2) is 28.6 Å². The Morgan fingerprint density at radius 3 is 2.65 bits per heavy atom. The Morgan fingerprint density at radius 2 is 2.12 bits per heavy atom. The minimum atomic E-state index is -0.476. The highest BCUT2D eigenvalue weighted by Gasteiger charge is 2.19. The van der Waals surface area contributed by atoms with E-state index in [4.69, 9.17) is 4.74 Å². The van der Waals surface area contributed by atoms with Crippen LogP contribution in [0.1, 0.15) is 26.5 Å². The predicted molar refractivity (Wildman–Crippen MR) is 69.6 cm³/mol. The van der Waals surface area contributed by atoms with Crippen molar-refractivity contribution in [3.63, 3.8) is 0 Å². The van der Waals surface area contributed by atoms with Crippen molar-refractivity contribution in [2.45, 2.75) is 32.9 Å². The number of nitrogens with zero attached hydrogens (tertiary/aromatic N) is 2. The smallest absolute Gasteiger partial charge is 0.410 e. The van der Waals surface area contributed by atoms with Crippen molar-refractivity contribution in [2.24, 2.45) is 0 Å². The van der Waals surface area contributed by atoms with Crippen molar-refractivity contribution >= 4 is 22.0 Å². The summed E-state index contributed by atoms with van der Waals surface area (Å²) in [6, 6.07) is 5.60. The van der Waals surface area contributed by atoms with Crippen molar-refractivity contribution in [1.82, 2.24) is 9.88 Å². The van der Waals surface area contributed by atoms with E-state index in [0.29, 0.717) is 6.54 Å². The standard InChI is InChI=1S/C12H17BrN2O2/c1-12(2,3)17-11(16)15(4)8-9-6-5-7-10(13)14-9/h5-7H,8H2,1-4H3. The molecule has 94 valence electrons. The van der Waals surface area contributed by atoms with Gasteiger partial charge in [0.05, 0.1) is 12.2 Å². The summed E-state index contributed by atoms with van der Waals surface area (Å²) in [7, 11) is 1.69. The zero-order valence-corrected chi connectivity index (χ0v) is 12.1. The molecule has 0 radical (unpaired) electrons. The lowest BCUT2D eigenvalue weighted by Crippen LogP contribution is -2.34. The Morgan fingerprint density at radius 1 is 1.47 bits per heavy atom. The lowest BCUT2D eigenvalue weighted by atomic mass is 10.2. The van der Waals surface area contributed by atoms with Gasteiger partial charge in [-0.3, -0.25) is 0 Å². The molecule has 17 heavy (non-hydrogen) atoms. The lowest BCUT2D eigenvalue weighted by molar-refractivity contribution is 0.0283.